The van der Waals surface area contributed by atoms with E-state index in [1.807, 2.05) is 43.3 Å². The molecule has 0 atom stereocenters. The Bertz CT molecular complexity index is 643. The molecule has 0 saturated heterocycles. The first kappa shape index (κ1) is 14.8. The molecule has 0 unspecified atom stereocenters. The maximum Gasteiger partial charge on any atom is 0.186 e. The van der Waals surface area contributed by atoms with Gasteiger partial charge in [0.15, 0.2) is 5.78 Å². The zero-order chi connectivity index (χ0) is 14.5. The van der Waals surface area contributed by atoms with Gasteiger partial charge in [-0.15, -0.1) is 0 Å². The van der Waals surface area contributed by atoms with Gasteiger partial charge in [0.05, 0.1) is 7.11 Å². The number of aryl methyl sites for hydroxylation is 1. The number of ether oxygens (including phenoxy) is 1. The van der Waals surface area contributed by atoms with Crippen molar-refractivity contribution < 1.29 is 9.53 Å². The molecule has 0 amide bonds. The molecule has 0 aromatic heterocycles. The highest BCUT2D eigenvalue weighted by Gasteiger charge is 2.07. The number of carbonyl (C=O) groups excluding carboxylic acids is 1. The van der Waals surface area contributed by atoms with Crippen LogP contribution in [0.1, 0.15) is 21.5 Å². The number of halogens is 1. The predicted octanol–water partition coefficient (Wildman–Crippen LogP) is 4.50. The lowest BCUT2D eigenvalue weighted by Gasteiger charge is -2.04. The smallest absolute Gasteiger partial charge is 0.186 e. The largest absolute Gasteiger partial charge is 0.497 e. The highest BCUT2D eigenvalue weighted by atomic mass is 127. The van der Waals surface area contributed by atoms with Crippen molar-refractivity contribution in [2.75, 3.05) is 7.11 Å². The van der Waals surface area contributed by atoms with Gasteiger partial charge in [-0.25, -0.2) is 0 Å². The number of hydrogen-bond acceptors (Lipinski definition) is 2. The predicted molar refractivity (Wildman–Crippen MR) is 90.3 cm³/mol. The molecule has 3 heteroatoms. The molecule has 102 valence electrons. The third kappa shape index (κ3) is 3.70. The summed E-state index contributed by atoms with van der Waals surface area (Å²) in [5.74, 6) is 0.756. The van der Waals surface area contributed by atoms with Crippen LogP contribution in [0.4, 0.5) is 0 Å². The van der Waals surface area contributed by atoms with Gasteiger partial charge >= 0.3 is 0 Å². The first-order valence-electron chi connectivity index (χ1n) is 6.23. The lowest BCUT2D eigenvalue weighted by Crippen LogP contribution is -1.98. The second-order valence-corrected chi connectivity index (χ2v) is 5.62. The van der Waals surface area contributed by atoms with Crippen LogP contribution in [0.25, 0.3) is 6.08 Å². The van der Waals surface area contributed by atoms with Crippen LogP contribution in [-0.2, 0) is 0 Å². The summed E-state index contributed by atoms with van der Waals surface area (Å²) >= 11 is 2.15. The molecular weight excluding hydrogens is 363 g/mol. The molecule has 0 aliphatic heterocycles. The second kappa shape index (κ2) is 6.70. The Kier molecular flexibility index (Phi) is 4.95. The summed E-state index contributed by atoms with van der Waals surface area (Å²) in [6.45, 7) is 2.04. The number of ketones is 1. The fourth-order valence-electron chi connectivity index (χ4n) is 1.76. The highest BCUT2D eigenvalue weighted by Crippen LogP contribution is 2.20. The van der Waals surface area contributed by atoms with Crippen molar-refractivity contribution in [2.24, 2.45) is 0 Å². The Morgan fingerprint density at radius 2 is 1.85 bits per heavy atom. The summed E-state index contributed by atoms with van der Waals surface area (Å²) < 4.78 is 6.03. The van der Waals surface area contributed by atoms with Gasteiger partial charge in [0.1, 0.15) is 5.75 Å². The fourth-order valence-corrected chi connectivity index (χ4v) is 2.51. The summed E-state index contributed by atoms with van der Waals surface area (Å²) in [5, 5.41) is 0. The van der Waals surface area contributed by atoms with Gasteiger partial charge in [-0.2, -0.15) is 0 Å². The highest BCUT2D eigenvalue weighted by molar-refractivity contribution is 14.1. The Hall–Kier alpha value is -1.62. The van der Waals surface area contributed by atoms with Gasteiger partial charge in [0.2, 0.25) is 0 Å². The van der Waals surface area contributed by atoms with E-state index < -0.39 is 0 Å². The molecule has 2 nitrogen and oxygen atoms in total. The minimum absolute atomic E-state index is 0.00220. The number of hydrogen-bond donors (Lipinski definition) is 0. The summed E-state index contributed by atoms with van der Waals surface area (Å²) in [4.78, 5) is 12.2. The van der Waals surface area contributed by atoms with E-state index in [-0.39, 0.29) is 5.78 Å². The third-order valence-electron chi connectivity index (χ3n) is 2.95. The number of carbonyl (C=O) groups is 1. The van der Waals surface area contributed by atoms with E-state index in [9.17, 15) is 4.79 Å². The van der Waals surface area contributed by atoms with Crippen molar-refractivity contribution in [3.63, 3.8) is 0 Å². The Labute approximate surface area is 132 Å². The Morgan fingerprint density at radius 1 is 1.15 bits per heavy atom. The molecule has 0 saturated carbocycles. The molecule has 2 rings (SSSR count). The second-order valence-electron chi connectivity index (χ2n) is 4.45. The van der Waals surface area contributed by atoms with Crippen LogP contribution in [0, 0.1) is 10.5 Å². The van der Waals surface area contributed by atoms with Crippen LogP contribution in [0.15, 0.2) is 48.5 Å². The maximum atomic E-state index is 12.2. The van der Waals surface area contributed by atoms with Gasteiger partial charge in [0.25, 0.3) is 0 Å². The molecule has 20 heavy (non-hydrogen) atoms. The van der Waals surface area contributed by atoms with Crippen LogP contribution in [0.5, 0.6) is 5.75 Å². The van der Waals surface area contributed by atoms with E-state index in [1.165, 1.54) is 5.56 Å². The van der Waals surface area contributed by atoms with Gasteiger partial charge in [-0.05, 0) is 59.4 Å². The van der Waals surface area contributed by atoms with Crippen molar-refractivity contribution in [1.82, 2.24) is 0 Å². The van der Waals surface area contributed by atoms with Gasteiger partial charge in [0, 0.05) is 9.13 Å². The van der Waals surface area contributed by atoms with E-state index >= 15 is 0 Å². The van der Waals surface area contributed by atoms with Crippen molar-refractivity contribution in [3.8, 4) is 5.75 Å². The van der Waals surface area contributed by atoms with E-state index in [0.29, 0.717) is 5.56 Å². The molecule has 0 aliphatic rings. The Balaban J connectivity index is 2.17. The van der Waals surface area contributed by atoms with E-state index in [0.717, 1.165) is 14.9 Å². The number of allylic oxidation sites excluding steroid dienone is 1. The standard InChI is InChI=1S/C17H15IO2/c1-12-3-5-13(6-4-12)7-10-17(19)15-9-8-14(20-2)11-16(15)18/h3-11H,1-2H3/b10-7+. The number of rotatable bonds is 4. The molecular formula is C17H15IO2. The van der Waals surface area contributed by atoms with Crippen molar-refractivity contribution in [3.05, 3.63) is 68.8 Å². The zero-order valence-electron chi connectivity index (χ0n) is 11.4. The molecule has 0 aliphatic carbocycles. The van der Waals surface area contributed by atoms with Crippen LogP contribution >= 0.6 is 22.6 Å². The van der Waals surface area contributed by atoms with E-state index in [2.05, 4.69) is 22.6 Å². The molecule has 0 radical (unpaired) electrons. The summed E-state index contributed by atoms with van der Waals surface area (Å²) in [6, 6.07) is 13.5. The molecule has 0 N–H and O–H groups in total. The fraction of sp³-hybridized carbons (Fsp3) is 0.118. The number of methoxy groups -OCH3 is 1. The van der Waals surface area contributed by atoms with E-state index in [4.69, 9.17) is 4.74 Å². The Morgan fingerprint density at radius 3 is 2.45 bits per heavy atom. The van der Waals surface area contributed by atoms with Crippen molar-refractivity contribution >= 4 is 34.5 Å². The third-order valence-corrected chi connectivity index (χ3v) is 3.84. The van der Waals surface area contributed by atoms with Gasteiger partial charge < -0.3 is 4.74 Å². The van der Waals surface area contributed by atoms with Crippen LogP contribution in [-0.4, -0.2) is 12.9 Å². The maximum absolute atomic E-state index is 12.2. The molecule has 2 aromatic rings. The molecule has 0 heterocycles. The van der Waals surface area contributed by atoms with Crippen LogP contribution in [0.3, 0.4) is 0 Å². The number of benzene rings is 2. The average Bonchev–Trinajstić information content (AvgIpc) is 2.46. The quantitative estimate of drug-likeness (QED) is 0.445. The van der Waals surface area contributed by atoms with Crippen molar-refractivity contribution in [2.45, 2.75) is 6.92 Å². The topological polar surface area (TPSA) is 26.3 Å². The molecule has 0 fully saturated rings. The molecule has 2 aromatic carbocycles. The minimum Gasteiger partial charge on any atom is -0.497 e. The normalized spacial score (nSPS) is 10.8. The first-order chi connectivity index (χ1) is 9.60. The first-order valence-corrected chi connectivity index (χ1v) is 7.30. The lowest BCUT2D eigenvalue weighted by molar-refractivity contribution is 0.104. The average molecular weight is 378 g/mol. The lowest BCUT2D eigenvalue weighted by atomic mass is 10.1. The SMILES string of the molecule is COc1ccc(C(=O)/C=C/c2ccc(C)cc2)c(I)c1. The zero-order valence-corrected chi connectivity index (χ0v) is 13.5. The monoisotopic (exact) mass is 378 g/mol. The summed E-state index contributed by atoms with van der Waals surface area (Å²) in [6.07, 6.45) is 3.44. The van der Waals surface area contributed by atoms with E-state index in [1.54, 1.807) is 25.3 Å². The van der Waals surface area contributed by atoms with Gasteiger partial charge in [-0.3, -0.25) is 4.79 Å². The van der Waals surface area contributed by atoms with Crippen molar-refractivity contribution in [1.29, 1.82) is 0 Å². The van der Waals surface area contributed by atoms with Crippen LogP contribution < -0.4 is 4.74 Å². The summed E-state index contributed by atoms with van der Waals surface area (Å²) in [7, 11) is 1.62. The van der Waals surface area contributed by atoms with Crippen LogP contribution in [0.2, 0.25) is 0 Å². The van der Waals surface area contributed by atoms with Gasteiger partial charge in [-0.1, -0.05) is 35.9 Å². The minimum atomic E-state index is -0.00220. The molecule has 0 bridgehead atoms. The molecule has 0 spiro atoms. The summed E-state index contributed by atoms with van der Waals surface area (Å²) in [5.41, 5.74) is 2.92.